The summed E-state index contributed by atoms with van der Waals surface area (Å²) in [5.74, 6) is 4.90. The molecule has 0 aromatic heterocycles. The quantitative estimate of drug-likeness (QED) is 0.0438. The van der Waals surface area contributed by atoms with Crippen molar-refractivity contribution in [2.24, 2.45) is 42.9 Å². The molecule has 5 rings (SSSR count). The Labute approximate surface area is 407 Å². The van der Waals surface area contributed by atoms with Gasteiger partial charge in [0.25, 0.3) is 0 Å². The summed E-state index contributed by atoms with van der Waals surface area (Å²) in [7, 11) is 0. The summed E-state index contributed by atoms with van der Waals surface area (Å²) in [6.07, 6.45) is 4.97. The molecular weight excluding hydrogens is 849 g/mol. The first-order valence-electron chi connectivity index (χ1n) is 24.9. The highest BCUT2D eigenvalue weighted by Gasteiger charge is 2.26. The first-order chi connectivity index (χ1) is 32.5. The summed E-state index contributed by atoms with van der Waals surface area (Å²) in [5.41, 5.74) is 38.3. The van der Waals surface area contributed by atoms with E-state index in [4.69, 9.17) is 61.9 Å². The molecule has 0 saturated carbocycles. The molecule has 368 valence electrons. The van der Waals surface area contributed by atoms with Gasteiger partial charge in [-0.05, 0) is 174 Å². The lowest BCUT2D eigenvalue weighted by atomic mass is 9.88. The fourth-order valence-electron chi connectivity index (χ4n) is 8.45. The maximum absolute atomic E-state index is 6.91. The summed E-state index contributed by atoms with van der Waals surface area (Å²) in [6.45, 7) is 26.7. The van der Waals surface area contributed by atoms with Gasteiger partial charge >= 0.3 is 0 Å². The van der Waals surface area contributed by atoms with Gasteiger partial charge in [-0.15, -0.1) is 0 Å². The normalized spacial score (nSPS) is 13.8. The smallest absolute Gasteiger partial charge is 0.126 e. The third kappa shape index (κ3) is 14.0. The largest absolute Gasteiger partial charge is 0.493 e. The zero-order valence-corrected chi connectivity index (χ0v) is 43.1. The van der Waals surface area contributed by atoms with Gasteiger partial charge in [-0.3, -0.25) is 20.0 Å². The molecule has 8 bridgehead atoms. The summed E-state index contributed by atoms with van der Waals surface area (Å²) in [4.78, 5) is 19.4. The summed E-state index contributed by atoms with van der Waals surface area (Å²) in [6, 6.07) is 16.9. The van der Waals surface area contributed by atoms with Crippen molar-refractivity contribution in [2.75, 3.05) is 26.4 Å². The molecule has 0 amide bonds. The molecule has 4 aromatic rings. The zero-order chi connectivity index (χ0) is 49.7. The van der Waals surface area contributed by atoms with Crippen molar-refractivity contribution in [1.29, 1.82) is 0 Å². The minimum absolute atomic E-state index is 0.0210. The van der Waals surface area contributed by atoms with Crippen molar-refractivity contribution in [3.63, 3.8) is 0 Å². The number of rotatable bonds is 20. The van der Waals surface area contributed by atoms with E-state index >= 15 is 0 Å². The van der Waals surface area contributed by atoms with Gasteiger partial charge in [0.2, 0.25) is 0 Å². The lowest BCUT2D eigenvalue weighted by Gasteiger charge is -2.25. The molecule has 0 radical (unpaired) electrons. The van der Waals surface area contributed by atoms with Crippen molar-refractivity contribution >= 4 is 23.3 Å². The fourth-order valence-corrected chi connectivity index (χ4v) is 8.45. The number of fused-ring (bicyclic) bond motifs is 8. The lowest BCUT2D eigenvalue weighted by Crippen LogP contribution is -2.20. The van der Waals surface area contributed by atoms with Gasteiger partial charge in [-0.1, -0.05) is 27.7 Å². The van der Waals surface area contributed by atoms with Crippen LogP contribution in [0.15, 0.2) is 68.5 Å². The van der Waals surface area contributed by atoms with Crippen LogP contribution in [-0.4, -0.2) is 73.9 Å². The summed E-state index contributed by atoms with van der Waals surface area (Å²) < 4.78 is 27.5. The highest BCUT2D eigenvalue weighted by Crippen LogP contribution is 2.41. The van der Waals surface area contributed by atoms with Crippen molar-refractivity contribution in [3.05, 3.63) is 115 Å². The van der Waals surface area contributed by atoms with E-state index < -0.39 is 0 Å². The Morgan fingerprint density at radius 3 is 0.647 bits per heavy atom. The molecule has 0 aliphatic heterocycles. The average molecular weight is 929 g/mol. The Balaban J connectivity index is 2.06. The first-order valence-corrected chi connectivity index (χ1v) is 24.9. The van der Waals surface area contributed by atoms with Crippen molar-refractivity contribution in [3.8, 4) is 23.0 Å². The van der Waals surface area contributed by atoms with Crippen molar-refractivity contribution in [2.45, 2.75) is 159 Å². The molecule has 0 heterocycles. The Morgan fingerprint density at radius 2 is 0.515 bits per heavy atom. The molecule has 12 heteroatoms. The number of ether oxygens (including phenoxy) is 4. The number of hydrogen-bond donors (Lipinski definition) is 4. The van der Waals surface area contributed by atoms with Gasteiger partial charge in [-0.2, -0.15) is 0 Å². The minimum Gasteiger partial charge on any atom is -0.493 e. The summed E-state index contributed by atoms with van der Waals surface area (Å²) in [5, 5.41) is 0. The van der Waals surface area contributed by atoms with Crippen molar-refractivity contribution in [1.82, 2.24) is 0 Å². The van der Waals surface area contributed by atoms with Crippen LogP contribution in [0.1, 0.15) is 176 Å². The van der Waals surface area contributed by atoms with Gasteiger partial charge in [0.1, 0.15) is 46.3 Å². The van der Waals surface area contributed by atoms with E-state index in [1.807, 2.05) is 55.4 Å². The molecule has 0 unspecified atom stereocenters. The number of benzene rings is 4. The maximum atomic E-state index is 6.91. The number of nitrogens with two attached hydrogens (primary N) is 4. The third-order valence-corrected chi connectivity index (χ3v) is 11.1. The molecule has 1 aliphatic carbocycles. The number of nitrogens with zero attached hydrogens (tertiary/aromatic N) is 4. The first kappa shape index (κ1) is 52.9. The standard InChI is InChI=1S/C56H80N8O4/c1-13-17-65-49-37-21-39-27-46(54(58)62-34(7)8)29-41(50(39)66-18-14-2)23-43-31-48(56(60)64-36(11)12)32-44(52(43)68-20-16-4)24-42-30-47(55(59)63-35(9)10)28-40(51(42)67-19-15-3)22-38(49)26-45(25-37)53(57)61-33(5)6/h25-36H,13-24H2,1-12H3,(H2,57,61)(H2,58,62)(H2,59,63)(H2,60,64). The molecule has 8 N–H and O–H groups in total. The monoisotopic (exact) mass is 929 g/mol. The molecule has 68 heavy (non-hydrogen) atoms. The second-order valence-corrected chi connectivity index (χ2v) is 19.0. The van der Waals surface area contributed by atoms with E-state index in [-0.39, 0.29) is 24.2 Å². The fraction of sp³-hybridized carbons (Fsp3) is 0.500. The molecule has 0 saturated heterocycles. The SMILES string of the molecule is CCCOc1c2cc(C(N)=NC(C)C)cc1Cc1cc(C(N)=NC(C)C)cc(c1OCCC)Cc1cc(C(N)=NC(C)C)cc(c1OCCC)Cc1cc(C(N)=NC(C)C)cc(c1OCCC)C2. The van der Waals surface area contributed by atoms with Gasteiger partial charge in [0, 0.05) is 72.1 Å². The molecule has 4 aromatic carbocycles. The van der Waals surface area contributed by atoms with Crippen LogP contribution in [0.2, 0.25) is 0 Å². The zero-order valence-electron chi connectivity index (χ0n) is 43.1. The highest BCUT2D eigenvalue weighted by atomic mass is 16.5. The van der Waals surface area contributed by atoms with E-state index in [2.05, 4.69) is 76.2 Å². The second kappa shape index (κ2) is 24.8. The maximum Gasteiger partial charge on any atom is 0.126 e. The summed E-state index contributed by atoms with van der Waals surface area (Å²) >= 11 is 0. The van der Waals surface area contributed by atoms with Gasteiger partial charge < -0.3 is 41.9 Å². The van der Waals surface area contributed by atoms with E-state index in [0.29, 0.717) is 75.5 Å². The number of aliphatic imine (C=N–C) groups is 4. The van der Waals surface area contributed by atoms with Crippen LogP contribution < -0.4 is 41.9 Å². The molecule has 0 atom stereocenters. The van der Waals surface area contributed by atoms with E-state index in [1.165, 1.54) is 0 Å². The Kier molecular flexibility index (Phi) is 19.3. The van der Waals surface area contributed by atoms with E-state index in [9.17, 15) is 0 Å². The third-order valence-electron chi connectivity index (χ3n) is 11.1. The Bertz CT molecular complexity index is 2050. The van der Waals surface area contributed by atoms with Gasteiger partial charge in [-0.25, -0.2) is 0 Å². The molecular formula is C56H80N8O4. The van der Waals surface area contributed by atoms with Crippen LogP contribution in [0, 0.1) is 0 Å². The van der Waals surface area contributed by atoms with Crippen LogP contribution in [0.4, 0.5) is 0 Å². The number of amidine groups is 4. The highest BCUT2D eigenvalue weighted by molar-refractivity contribution is 6.00. The van der Waals surface area contributed by atoms with Crippen LogP contribution in [-0.2, 0) is 25.7 Å². The average Bonchev–Trinajstić information content (AvgIpc) is 3.26. The van der Waals surface area contributed by atoms with Gasteiger partial charge in [0.15, 0.2) is 0 Å². The molecule has 12 nitrogen and oxygen atoms in total. The Hall–Kier alpha value is -6.04. The topological polar surface area (TPSA) is 190 Å². The molecule has 0 spiro atoms. The van der Waals surface area contributed by atoms with Crippen LogP contribution in [0.3, 0.4) is 0 Å². The van der Waals surface area contributed by atoms with Crippen LogP contribution in [0.25, 0.3) is 0 Å². The van der Waals surface area contributed by atoms with Crippen molar-refractivity contribution < 1.29 is 18.9 Å². The molecule has 0 fully saturated rings. The van der Waals surface area contributed by atoms with E-state index in [1.54, 1.807) is 0 Å². The van der Waals surface area contributed by atoms with E-state index in [0.717, 1.165) is 115 Å². The predicted molar refractivity (Wildman–Crippen MR) is 284 cm³/mol. The molecule has 1 aliphatic rings. The second-order valence-electron chi connectivity index (χ2n) is 19.0. The lowest BCUT2D eigenvalue weighted by molar-refractivity contribution is 0.304. The van der Waals surface area contributed by atoms with Crippen LogP contribution in [0.5, 0.6) is 23.0 Å². The Morgan fingerprint density at radius 1 is 0.353 bits per heavy atom. The predicted octanol–water partition coefficient (Wildman–Crippen LogP) is 9.97. The number of hydrogen-bond acceptors (Lipinski definition) is 8. The van der Waals surface area contributed by atoms with Gasteiger partial charge in [0.05, 0.1) is 26.4 Å². The van der Waals surface area contributed by atoms with Crippen LogP contribution >= 0.6 is 0 Å². The minimum atomic E-state index is -0.0210.